The highest BCUT2D eigenvalue weighted by atomic mass is 16.1. The Hall–Kier alpha value is -3.20. The number of benzene rings is 3. The van der Waals surface area contributed by atoms with Crippen molar-refractivity contribution in [2.75, 3.05) is 5.32 Å². The zero-order valence-corrected chi connectivity index (χ0v) is 14.5. The number of hydrogen-bond acceptors (Lipinski definition) is 3. The van der Waals surface area contributed by atoms with E-state index in [9.17, 15) is 9.59 Å². The van der Waals surface area contributed by atoms with Crippen LogP contribution in [0.5, 0.6) is 0 Å². The van der Waals surface area contributed by atoms with Gasteiger partial charge in [0.15, 0.2) is 5.78 Å². The van der Waals surface area contributed by atoms with Gasteiger partial charge in [-0.15, -0.1) is 0 Å². The second-order valence-electron chi connectivity index (χ2n) is 6.18. The van der Waals surface area contributed by atoms with Gasteiger partial charge in [0.05, 0.1) is 12.5 Å². The average Bonchev–Trinajstić information content (AvgIpc) is 2.69. The first kappa shape index (κ1) is 17.6. The van der Waals surface area contributed by atoms with Crippen LogP contribution in [0.3, 0.4) is 0 Å². The van der Waals surface area contributed by atoms with Crippen LogP contribution in [-0.2, 0) is 4.79 Å². The molecule has 0 aromatic heterocycles. The fourth-order valence-electron chi connectivity index (χ4n) is 2.88. The van der Waals surface area contributed by atoms with E-state index in [2.05, 4.69) is 5.32 Å². The Morgan fingerprint density at radius 2 is 1.27 bits per heavy atom. The zero-order valence-electron chi connectivity index (χ0n) is 14.5. The number of rotatable bonds is 8. The van der Waals surface area contributed by atoms with Gasteiger partial charge in [0.25, 0.3) is 0 Å². The third kappa shape index (κ3) is 4.90. The van der Waals surface area contributed by atoms with Gasteiger partial charge in [-0.3, -0.25) is 9.59 Å². The van der Waals surface area contributed by atoms with Crippen molar-refractivity contribution >= 4 is 17.3 Å². The summed E-state index contributed by atoms with van der Waals surface area (Å²) < 4.78 is 0. The van der Waals surface area contributed by atoms with Crippen LogP contribution >= 0.6 is 0 Å². The smallest absolute Gasteiger partial charge is 0.170 e. The molecule has 3 heteroatoms. The van der Waals surface area contributed by atoms with Crippen molar-refractivity contribution in [1.82, 2.24) is 0 Å². The van der Waals surface area contributed by atoms with Crippen LogP contribution in [0.15, 0.2) is 91.0 Å². The van der Waals surface area contributed by atoms with Gasteiger partial charge in [0.1, 0.15) is 5.78 Å². The summed E-state index contributed by atoms with van der Waals surface area (Å²) in [6, 6.07) is 28.4. The molecule has 0 saturated heterocycles. The molecule has 3 nitrogen and oxygen atoms in total. The molecule has 0 aliphatic rings. The predicted octanol–water partition coefficient (Wildman–Crippen LogP) is 5.07. The Bertz CT molecular complexity index is 845. The number of para-hydroxylation sites is 1. The lowest BCUT2D eigenvalue weighted by atomic mass is 9.97. The number of Topliss-reactive ketones (excluding diaryl/α,β-unsaturated/α-hetero) is 2. The minimum atomic E-state index is -0.172. The predicted molar refractivity (Wildman–Crippen MR) is 104 cm³/mol. The van der Waals surface area contributed by atoms with E-state index in [-0.39, 0.29) is 30.4 Å². The van der Waals surface area contributed by atoms with Crippen molar-refractivity contribution in [2.45, 2.75) is 18.9 Å². The first-order valence-electron chi connectivity index (χ1n) is 8.69. The van der Waals surface area contributed by atoms with Crippen molar-refractivity contribution < 1.29 is 9.59 Å². The van der Waals surface area contributed by atoms with Gasteiger partial charge < -0.3 is 5.32 Å². The summed E-state index contributed by atoms with van der Waals surface area (Å²) in [7, 11) is 0. The summed E-state index contributed by atoms with van der Waals surface area (Å²) in [6.07, 6.45) is 0.182. The molecule has 0 fully saturated rings. The maximum absolute atomic E-state index is 12.5. The van der Waals surface area contributed by atoms with Gasteiger partial charge >= 0.3 is 0 Å². The topological polar surface area (TPSA) is 46.2 Å². The van der Waals surface area contributed by atoms with Crippen molar-refractivity contribution in [3.63, 3.8) is 0 Å². The second-order valence-corrected chi connectivity index (χ2v) is 6.18. The van der Waals surface area contributed by atoms with E-state index in [1.807, 2.05) is 66.7 Å². The maximum atomic E-state index is 12.5. The molecule has 0 aliphatic carbocycles. The largest absolute Gasteiger partial charge is 0.378 e. The van der Waals surface area contributed by atoms with E-state index in [1.54, 1.807) is 24.3 Å². The first-order valence-corrected chi connectivity index (χ1v) is 8.69. The average molecular weight is 343 g/mol. The van der Waals surface area contributed by atoms with E-state index in [0.29, 0.717) is 5.56 Å². The summed E-state index contributed by atoms with van der Waals surface area (Å²) in [4.78, 5) is 24.8. The molecule has 26 heavy (non-hydrogen) atoms. The van der Waals surface area contributed by atoms with Crippen molar-refractivity contribution in [1.29, 1.82) is 0 Å². The van der Waals surface area contributed by atoms with Crippen LogP contribution in [0.2, 0.25) is 0 Å². The molecular formula is C23H21NO2. The van der Waals surface area contributed by atoms with E-state index in [4.69, 9.17) is 0 Å². The number of nitrogens with one attached hydrogen (secondary N) is 1. The normalized spacial score (nSPS) is 11.5. The summed E-state index contributed by atoms with van der Waals surface area (Å²) in [5.74, 6) is -0.210. The lowest BCUT2D eigenvalue weighted by molar-refractivity contribution is -0.118. The molecule has 1 N–H and O–H groups in total. The van der Waals surface area contributed by atoms with Crippen molar-refractivity contribution in [3.8, 4) is 0 Å². The molecule has 3 aromatic carbocycles. The Balaban J connectivity index is 1.71. The Morgan fingerprint density at radius 1 is 0.731 bits per heavy atom. The van der Waals surface area contributed by atoms with Crippen LogP contribution in [0.4, 0.5) is 5.69 Å². The third-order valence-electron chi connectivity index (χ3n) is 4.20. The second kappa shape index (κ2) is 8.77. The lowest BCUT2D eigenvalue weighted by Gasteiger charge is -2.20. The fraction of sp³-hybridized carbons (Fsp3) is 0.130. The quantitative estimate of drug-likeness (QED) is 0.459. The molecular weight excluding hydrogens is 322 g/mol. The highest BCUT2D eigenvalue weighted by Crippen LogP contribution is 2.23. The molecule has 130 valence electrons. The van der Waals surface area contributed by atoms with Gasteiger partial charge in [-0.2, -0.15) is 0 Å². The number of hydrogen-bond donors (Lipinski definition) is 1. The van der Waals surface area contributed by atoms with Gasteiger partial charge in [-0.1, -0.05) is 78.9 Å². The van der Waals surface area contributed by atoms with Crippen LogP contribution in [0, 0.1) is 0 Å². The van der Waals surface area contributed by atoms with Gasteiger partial charge in [0.2, 0.25) is 0 Å². The Morgan fingerprint density at radius 3 is 1.88 bits per heavy atom. The highest BCUT2D eigenvalue weighted by Gasteiger charge is 2.18. The van der Waals surface area contributed by atoms with Gasteiger partial charge in [0, 0.05) is 17.7 Å². The first-order chi connectivity index (χ1) is 12.7. The number of anilines is 1. The summed E-state index contributed by atoms with van der Waals surface area (Å²) in [5.41, 5.74) is 2.55. The minimum absolute atomic E-state index is 0.0730. The lowest BCUT2D eigenvalue weighted by Crippen LogP contribution is -2.17. The summed E-state index contributed by atoms with van der Waals surface area (Å²) >= 11 is 0. The Labute approximate surface area is 153 Å². The summed E-state index contributed by atoms with van der Waals surface area (Å²) in [6.45, 7) is 0. The fourth-order valence-corrected chi connectivity index (χ4v) is 2.88. The molecule has 3 rings (SSSR count). The molecule has 0 saturated carbocycles. The Kier molecular flexibility index (Phi) is 5.94. The number of carbonyl (C=O) groups excluding carboxylic acids is 2. The highest BCUT2D eigenvalue weighted by molar-refractivity contribution is 6.08. The zero-order chi connectivity index (χ0) is 18.2. The van der Waals surface area contributed by atoms with Crippen LogP contribution in [-0.4, -0.2) is 11.6 Å². The molecule has 0 aliphatic heterocycles. The maximum Gasteiger partial charge on any atom is 0.170 e. The minimum Gasteiger partial charge on any atom is -0.378 e. The van der Waals surface area contributed by atoms with E-state index in [1.165, 1.54) is 0 Å². The number of carbonyl (C=O) groups is 2. The molecule has 0 radical (unpaired) electrons. The van der Waals surface area contributed by atoms with Crippen LogP contribution in [0.25, 0.3) is 0 Å². The molecule has 1 unspecified atom stereocenters. The van der Waals surface area contributed by atoms with E-state index in [0.717, 1.165) is 11.3 Å². The molecule has 3 aromatic rings. The summed E-state index contributed by atoms with van der Waals surface area (Å²) in [5, 5.41) is 3.41. The SMILES string of the molecule is O=C(CC(=O)c1ccccc1)CC(Nc1ccccc1)c1ccccc1. The molecule has 0 spiro atoms. The molecule has 0 heterocycles. The van der Waals surface area contributed by atoms with E-state index < -0.39 is 0 Å². The monoisotopic (exact) mass is 343 g/mol. The van der Waals surface area contributed by atoms with Crippen LogP contribution < -0.4 is 5.32 Å². The van der Waals surface area contributed by atoms with Crippen molar-refractivity contribution in [3.05, 3.63) is 102 Å². The van der Waals surface area contributed by atoms with E-state index >= 15 is 0 Å². The number of ketones is 2. The molecule has 0 bridgehead atoms. The standard InChI is InChI=1S/C23H21NO2/c25-21(17-23(26)19-12-6-2-7-13-19)16-22(18-10-4-1-5-11-18)24-20-14-8-3-9-15-20/h1-15,22,24H,16-17H2. The van der Waals surface area contributed by atoms with Gasteiger partial charge in [-0.05, 0) is 17.7 Å². The van der Waals surface area contributed by atoms with Crippen LogP contribution in [0.1, 0.15) is 34.8 Å². The molecule has 1 atom stereocenters. The molecule has 0 amide bonds. The van der Waals surface area contributed by atoms with Gasteiger partial charge in [-0.25, -0.2) is 0 Å². The third-order valence-corrected chi connectivity index (χ3v) is 4.20. The van der Waals surface area contributed by atoms with Crippen molar-refractivity contribution in [2.24, 2.45) is 0 Å².